The summed E-state index contributed by atoms with van der Waals surface area (Å²) in [6.07, 6.45) is 0.439. The first-order valence-electron chi connectivity index (χ1n) is 12.2. The zero-order valence-corrected chi connectivity index (χ0v) is 20.8. The standard InChI is InChI=1S/C30H28N4O3/c1-32(2)30(37)33(24-16-12-21(13-17-24)20-10-14-23(31)15-11-20)18-5-19-34-28(35)25-8-3-6-22-7-4-9-26(27(22)25)29(34)36/h3-4,6-17H,5,18-19,31H2,1-2H3. The van der Waals surface area contributed by atoms with E-state index < -0.39 is 0 Å². The third kappa shape index (κ3) is 4.51. The average Bonchev–Trinajstić information content (AvgIpc) is 2.91. The Morgan fingerprint density at radius 1 is 0.784 bits per heavy atom. The first kappa shape index (κ1) is 24.1. The number of amides is 4. The van der Waals surface area contributed by atoms with Gasteiger partial charge in [-0.1, -0.05) is 48.5 Å². The smallest absolute Gasteiger partial charge is 0.323 e. The molecule has 0 saturated heterocycles. The van der Waals surface area contributed by atoms with Gasteiger partial charge in [-0.05, 0) is 59.3 Å². The lowest BCUT2D eigenvalue weighted by Gasteiger charge is -2.29. The van der Waals surface area contributed by atoms with Crippen molar-refractivity contribution in [3.8, 4) is 11.1 Å². The maximum atomic E-state index is 13.2. The van der Waals surface area contributed by atoms with Crippen LogP contribution in [-0.4, -0.2) is 54.8 Å². The molecule has 0 aromatic heterocycles. The average molecular weight is 493 g/mol. The first-order chi connectivity index (χ1) is 17.8. The fourth-order valence-electron chi connectivity index (χ4n) is 4.76. The number of carbonyl (C=O) groups excluding carboxylic acids is 3. The van der Waals surface area contributed by atoms with Gasteiger partial charge in [-0.25, -0.2) is 4.79 Å². The molecule has 4 aromatic rings. The summed E-state index contributed by atoms with van der Waals surface area (Å²) in [5.74, 6) is -0.597. The van der Waals surface area contributed by atoms with E-state index in [1.807, 2.05) is 72.8 Å². The Labute approximate surface area is 215 Å². The van der Waals surface area contributed by atoms with Gasteiger partial charge in [0.25, 0.3) is 11.8 Å². The molecule has 4 aromatic carbocycles. The number of nitrogens with two attached hydrogens (primary N) is 1. The number of hydrogen-bond acceptors (Lipinski definition) is 4. The van der Waals surface area contributed by atoms with E-state index in [4.69, 9.17) is 5.73 Å². The highest BCUT2D eigenvalue weighted by Crippen LogP contribution is 2.30. The topological polar surface area (TPSA) is 87.0 Å². The highest BCUT2D eigenvalue weighted by Gasteiger charge is 2.32. The molecular weight excluding hydrogens is 464 g/mol. The third-order valence-electron chi connectivity index (χ3n) is 6.66. The summed E-state index contributed by atoms with van der Waals surface area (Å²) in [5, 5.41) is 1.59. The van der Waals surface area contributed by atoms with Crippen molar-refractivity contribution in [1.29, 1.82) is 0 Å². The van der Waals surface area contributed by atoms with Gasteiger partial charge < -0.3 is 10.6 Å². The molecule has 5 rings (SSSR count). The molecule has 37 heavy (non-hydrogen) atoms. The third-order valence-corrected chi connectivity index (χ3v) is 6.66. The molecule has 0 fully saturated rings. The van der Waals surface area contributed by atoms with Crippen molar-refractivity contribution in [3.05, 3.63) is 96.1 Å². The summed E-state index contributed by atoms with van der Waals surface area (Å²) in [7, 11) is 3.40. The molecule has 2 N–H and O–H groups in total. The molecular formula is C30H28N4O3. The van der Waals surface area contributed by atoms with Gasteiger partial charge in [0.15, 0.2) is 0 Å². The molecule has 7 heteroatoms. The van der Waals surface area contributed by atoms with E-state index in [9.17, 15) is 14.4 Å². The van der Waals surface area contributed by atoms with E-state index in [0.717, 1.165) is 22.2 Å². The lowest BCUT2D eigenvalue weighted by molar-refractivity contribution is 0.0610. The lowest BCUT2D eigenvalue weighted by Crippen LogP contribution is -2.44. The highest BCUT2D eigenvalue weighted by atomic mass is 16.2. The Morgan fingerprint density at radius 3 is 1.86 bits per heavy atom. The number of rotatable bonds is 6. The van der Waals surface area contributed by atoms with Crippen molar-refractivity contribution in [1.82, 2.24) is 9.80 Å². The Kier molecular flexibility index (Phi) is 6.36. The quantitative estimate of drug-likeness (QED) is 0.294. The Morgan fingerprint density at radius 2 is 1.32 bits per heavy atom. The molecule has 1 aliphatic heterocycles. The number of nitrogen functional groups attached to an aromatic ring is 1. The summed E-state index contributed by atoms with van der Waals surface area (Å²) in [4.78, 5) is 43.9. The van der Waals surface area contributed by atoms with E-state index in [1.165, 1.54) is 9.80 Å². The van der Waals surface area contributed by atoms with Crippen molar-refractivity contribution in [2.45, 2.75) is 6.42 Å². The van der Waals surface area contributed by atoms with Gasteiger partial charge >= 0.3 is 6.03 Å². The number of imide groups is 1. The maximum absolute atomic E-state index is 13.2. The van der Waals surface area contributed by atoms with Crippen LogP contribution in [0.4, 0.5) is 16.2 Å². The zero-order chi connectivity index (χ0) is 26.1. The van der Waals surface area contributed by atoms with E-state index in [2.05, 4.69) is 0 Å². The second-order valence-corrected chi connectivity index (χ2v) is 9.32. The summed E-state index contributed by atoms with van der Waals surface area (Å²) < 4.78 is 0. The van der Waals surface area contributed by atoms with Crippen LogP contribution < -0.4 is 10.6 Å². The van der Waals surface area contributed by atoms with Crippen LogP contribution in [-0.2, 0) is 0 Å². The van der Waals surface area contributed by atoms with Gasteiger partial charge in [-0.2, -0.15) is 0 Å². The Bertz CT molecular complexity index is 1440. The van der Waals surface area contributed by atoms with Gasteiger partial charge in [0.05, 0.1) is 0 Å². The molecule has 1 heterocycles. The minimum Gasteiger partial charge on any atom is -0.399 e. The second-order valence-electron chi connectivity index (χ2n) is 9.32. The molecule has 0 bridgehead atoms. The molecule has 7 nitrogen and oxygen atoms in total. The van der Waals surface area contributed by atoms with Gasteiger partial charge in [0.1, 0.15) is 0 Å². The largest absolute Gasteiger partial charge is 0.399 e. The normalized spacial score (nSPS) is 12.6. The van der Waals surface area contributed by atoms with Gasteiger partial charge in [-0.15, -0.1) is 0 Å². The summed E-state index contributed by atoms with van der Waals surface area (Å²) in [6.45, 7) is 0.560. The number of nitrogens with zero attached hydrogens (tertiary/aromatic N) is 3. The molecule has 0 unspecified atom stereocenters. The van der Waals surface area contributed by atoms with Gasteiger partial charge in [-0.3, -0.25) is 19.4 Å². The minimum absolute atomic E-state index is 0.174. The van der Waals surface area contributed by atoms with Crippen molar-refractivity contribution >= 4 is 40.0 Å². The molecule has 0 atom stereocenters. The Balaban J connectivity index is 1.33. The summed E-state index contributed by atoms with van der Waals surface area (Å²) >= 11 is 0. The lowest BCUT2D eigenvalue weighted by atomic mass is 9.94. The van der Waals surface area contributed by atoms with E-state index in [-0.39, 0.29) is 24.4 Å². The number of carbonyl (C=O) groups is 3. The summed E-state index contributed by atoms with van der Waals surface area (Å²) in [6, 6.07) is 26.2. The molecule has 1 aliphatic rings. The monoisotopic (exact) mass is 492 g/mol. The van der Waals surface area contributed by atoms with Crippen LogP contribution in [0.3, 0.4) is 0 Å². The first-order valence-corrected chi connectivity index (χ1v) is 12.2. The van der Waals surface area contributed by atoms with Crippen LogP contribution in [0, 0.1) is 0 Å². The van der Waals surface area contributed by atoms with E-state index >= 15 is 0 Å². The Hall–Kier alpha value is -4.65. The van der Waals surface area contributed by atoms with Crippen molar-refractivity contribution in [2.75, 3.05) is 37.8 Å². The zero-order valence-electron chi connectivity index (χ0n) is 20.8. The van der Waals surface area contributed by atoms with Gasteiger partial charge in [0, 0.05) is 55.1 Å². The number of benzene rings is 4. The molecule has 0 aliphatic carbocycles. The maximum Gasteiger partial charge on any atom is 0.323 e. The van der Waals surface area contributed by atoms with Crippen molar-refractivity contribution in [3.63, 3.8) is 0 Å². The minimum atomic E-state index is -0.298. The van der Waals surface area contributed by atoms with Crippen LogP contribution in [0.2, 0.25) is 0 Å². The molecule has 0 radical (unpaired) electrons. The van der Waals surface area contributed by atoms with E-state index in [1.54, 1.807) is 31.1 Å². The fraction of sp³-hybridized carbons (Fsp3) is 0.167. The number of hydrogen-bond donors (Lipinski definition) is 1. The molecule has 0 spiro atoms. The van der Waals surface area contributed by atoms with Crippen LogP contribution in [0.1, 0.15) is 27.1 Å². The molecule has 0 saturated carbocycles. The summed E-state index contributed by atoms with van der Waals surface area (Å²) in [5.41, 5.74) is 10.4. The second kappa shape index (κ2) is 9.78. The van der Waals surface area contributed by atoms with E-state index in [0.29, 0.717) is 35.2 Å². The van der Waals surface area contributed by atoms with Crippen LogP contribution in [0.5, 0.6) is 0 Å². The predicted octanol–water partition coefficient (Wildman–Crippen LogP) is 5.26. The molecule has 4 amide bonds. The molecule has 186 valence electrons. The van der Waals surface area contributed by atoms with Crippen molar-refractivity contribution in [2.24, 2.45) is 0 Å². The van der Waals surface area contributed by atoms with Gasteiger partial charge in [0.2, 0.25) is 0 Å². The highest BCUT2D eigenvalue weighted by molar-refractivity contribution is 6.25. The number of anilines is 2. The van der Waals surface area contributed by atoms with Crippen LogP contribution in [0.15, 0.2) is 84.9 Å². The van der Waals surface area contributed by atoms with Crippen LogP contribution in [0.25, 0.3) is 21.9 Å². The number of urea groups is 1. The fourth-order valence-corrected chi connectivity index (χ4v) is 4.76. The SMILES string of the molecule is CN(C)C(=O)N(CCCN1C(=O)c2cccc3cccc(c23)C1=O)c1ccc(-c2ccc(N)cc2)cc1. The van der Waals surface area contributed by atoms with Crippen LogP contribution >= 0.6 is 0 Å². The predicted molar refractivity (Wildman–Crippen MR) is 147 cm³/mol. The van der Waals surface area contributed by atoms with Crippen molar-refractivity contribution < 1.29 is 14.4 Å².